The molecule has 1 fully saturated rings. The van der Waals surface area contributed by atoms with Gasteiger partial charge in [0, 0.05) is 23.7 Å². The van der Waals surface area contributed by atoms with Crippen molar-refractivity contribution in [2.45, 2.75) is 31.2 Å². The molecule has 2 aliphatic rings. The maximum absolute atomic E-state index is 7.77. The first-order valence-corrected chi connectivity index (χ1v) is 7.45. The number of fused-ring (bicyclic) bond motifs is 1. The zero-order valence-electron chi connectivity index (χ0n) is 11.4. The Morgan fingerprint density at radius 3 is 3.41 bits per heavy atom. The van der Waals surface area contributed by atoms with Gasteiger partial charge in [-0.05, 0) is 43.0 Å². The van der Waals surface area contributed by atoms with Crippen LogP contribution in [0.25, 0.3) is 0 Å². The summed E-state index contributed by atoms with van der Waals surface area (Å²) in [7, 11) is 0. The van der Waals surface area contributed by atoms with E-state index in [2.05, 4.69) is 30.0 Å². The first-order valence-electron chi connectivity index (χ1n) is 6.91. The van der Waals surface area contributed by atoms with Crippen molar-refractivity contribution in [3.8, 4) is 0 Å². The Kier molecular flexibility index (Phi) is 2.96. The first-order chi connectivity index (χ1) is 8.72. The van der Waals surface area contributed by atoms with E-state index >= 15 is 0 Å². The minimum atomic E-state index is 0.763. The molecule has 0 aliphatic carbocycles. The molecule has 1 aromatic carbocycles. The van der Waals surface area contributed by atoms with Crippen LogP contribution in [0.15, 0.2) is 23.1 Å². The Hall–Kier alpha value is -0.670. The minimum Gasteiger partial charge on any atom is -0.375 e. The number of piperidine rings is 1. The topological polar surface area (TPSA) is 15.3 Å². The Bertz CT molecular complexity index is 438. The predicted molar refractivity (Wildman–Crippen MR) is 74.5 cm³/mol. The second-order valence-electron chi connectivity index (χ2n) is 5.22. The first kappa shape index (κ1) is 10.3. The third-order valence-electron chi connectivity index (χ3n) is 3.63. The van der Waals surface area contributed by atoms with E-state index in [0.717, 1.165) is 24.0 Å². The van der Waals surface area contributed by atoms with Gasteiger partial charge in [-0.2, -0.15) is 0 Å². The van der Waals surface area contributed by atoms with Crippen molar-refractivity contribution in [1.82, 2.24) is 4.90 Å². The van der Waals surface area contributed by atoms with Crippen molar-refractivity contribution >= 4 is 17.4 Å². The predicted octanol–water partition coefficient (Wildman–Crippen LogP) is 3.39. The minimum absolute atomic E-state index is 0.763. The molecule has 1 atom stereocenters. The molecule has 0 aromatic heterocycles. The zero-order valence-corrected chi connectivity index (χ0v) is 11.2. The summed E-state index contributed by atoms with van der Waals surface area (Å²) in [6.07, 6.45) is 2.71. The second kappa shape index (κ2) is 4.91. The summed E-state index contributed by atoms with van der Waals surface area (Å²) in [4.78, 5) is 3.83. The zero-order chi connectivity index (χ0) is 12.5. The smallest absolute Gasteiger partial charge is 0.161 e. The Morgan fingerprint density at radius 1 is 1.59 bits per heavy atom. The lowest BCUT2D eigenvalue weighted by Gasteiger charge is -2.30. The van der Waals surface area contributed by atoms with E-state index in [-0.39, 0.29) is 0 Å². The van der Waals surface area contributed by atoms with Gasteiger partial charge in [0.05, 0.1) is 5.88 Å². The molecular weight excluding hydrogens is 228 g/mol. The molecule has 0 unspecified atom stereocenters. The van der Waals surface area contributed by atoms with Gasteiger partial charge in [-0.3, -0.25) is 4.90 Å². The van der Waals surface area contributed by atoms with Crippen LogP contribution in [0.2, 0.25) is 1.41 Å². The number of hydrogen-bond acceptors (Lipinski definition) is 3. The lowest BCUT2D eigenvalue weighted by molar-refractivity contribution is 0.176. The number of rotatable bonds is 2. The molecule has 0 spiro atoms. The highest BCUT2D eigenvalue weighted by atomic mass is 32.2. The second-order valence-corrected chi connectivity index (χ2v) is 6.20. The van der Waals surface area contributed by atoms with Crippen LogP contribution >= 0.6 is 11.8 Å². The van der Waals surface area contributed by atoms with Crippen LogP contribution in [-0.4, -0.2) is 23.9 Å². The highest BCUT2D eigenvalue weighted by Gasteiger charge is 2.17. The lowest BCUT2D eigenvalue weighted by atomic mass is 10.00. The summed E-state index contributed by atoms with van der Waals surface area (Å²) >= 11 is 1.77. The third-order valence-corrected chi connectivity index (χ3v) is 4.52. The van der Waals surface area contributed by atoms with E-state index in [1.165, 1.54) is 36.4 Å². The van der Waals surface area contributed by atoms with Gasteiger partial charge in [-0.1, -0.05) is 13.0 Å². The standard InChI is InChI=1S/C14H20N2S/c1-11-3-2-6-16(8-11)9-12-4-5-13-14(7-12)17-10-15-13/h4-5,7,11,15H,2-3,6,8-10H2,1H3/t11-/m0/s1/i/hD. The number of nitrogens with one attached hydrogen (secondary N) is 1. The number of benzene rings is 1. The van der Waals surface area contributed by atoms with Crippen LogP contribution in [0.3, 0.4) is 0 Å². The van der Waals surface area contributed by atoms with E-state index in [4.69, 9.17) is 1.41 Å². The molecule has 0 saturated carbocycles. The molecule has 3 heteroatoms. The fourth-order valence-electron chi connectivity index (χ4n) is 2.76. The van der Waals surface area contributed by atoms with Gasteiger partial charge in [0.25, 0.3) is 0 Å². The largest absolute Gasteiger partial charge is 0.375 e. The molecule has 17 heavy (non-hydrogen) atoms. The molecule has 0 amide bonds. The summed E-state index contributed by atoms with van der Waals surface area (Å²) in [5.41, 5.74) is 2.46. The summed E-state index contributed by atoms with van der Waals surface area (Å²) in [5, 5.41) is 1.58. The van der Waals surface area contributed by atoms with E-state index in [9.17, 15) is 0 Å². The van der Waals surface area contributed by atoms with Gasteiger partial charge in [0.1, 0.15) is 0 Å². The average Bonchev–Trinajstić information content (AvgIpc) is 2.71. The summed E-state index contributed by atoms with van der Waals surface area (Å²) < 4.78 is 7.77. The number of nitrogens with zero attached hydrogens (tertiary/aromatic N) is 1. The highest BCUT2D eigenvalue weighted by Crippen LogP contribution is 2.34. The maximum Gasteiger partial charge on any atom is 0.161 e. The highest BCUT2D eigenvalue weighted by molar-refractivity contribution is 7.99. The summed E-state index contributed by atoms with van der Waals surface area (Å²) in [6.45, 7) is 5.88. The molecular formula is C14H20N2S. The van der Waals surface area contributed by atoms with E-state index in [1.807, 2.05) is 0 Å². The number of likely N-dealkylation sites (tertiary alicyclic amines) is 1. The lowest BCUT2D eigenvalue weighted by Crippen LogP contribution is -2.33. The van der Waals surface area contributed by atoms with Gasteiger partial charge in [-0.15, -0.1) is 11.8 Å². The van der Waals surface area contributed by atoms with E-state index < -0.39 is 0 Å². The Balaban J connectivity index is 1.70. The fraction of sp³-hybridized carbons (Fsp3) is 0.571. The van der Waals surface area contributed by atoms with Gasteiger partial charge in [-0.25, -0.2) is 0 Å². The molecule has 2 aliphatic heterocycles. The third kappa shape index (κ3) is 2.61. The fourth-order valence-corrected chi connectivity index (χ4v) is 3.62. The molecule has 1 saturated heterocycles. The van der Waals surface area contributed by atoms with Crippen molar-refractivity contribution < 1.29 is 1.41 Å². The molecule has 1 N–H and O–H groups in total. The van der Waals surface area contributed by atoms with Crippen LogP contribution in [0.1, 0.15) is 25.3 Å². The molecule has 92 valence electrons. The normalized spacial score (nSPS) is 25.8. The Morgan fingerprint density at radius 2 is 2.53 bits per heavy atom. The molecule has 2 nitrogen and oxygen atoms in total. The Labute approximate surface area is 109 Å². The van der Waals surface area contributed by atoms with Gasteiger partial charge >= 0.3 is 0 Å². The number of anilines is 1. The van der Waals surface area contributed by atoms with Crippen LogP contribution in [0.5, 0.6) is 0 Å². The number of hydrogen-bond donors (Lipinski definition) is 1. The van der Waals surface area contributed by atoms with Gasteiger partial charge in [0.15, 0.2) is 1.41 Å². The average molecular weight is 249 g/mol. The molecule has 0 bridgehead atoms. The van der Waals surface area contributed by atoms with Crippen molar-refractivity contribution in [2.24, 2.45) is 5.92 Å². The maximum atomic E-state index is 7.77. The van der Waals surface area contributed by atoms with Crippen molar-refractivity contribution in [3.05, 3.63) is 23.8 Å². The quantitative estimate of drug-likeness (QED) is 0.865. The monoisotopic (exact) mass is 249 g/mol. The van der Waals surface area contributed by atoms with Crippen molar-refractivity contribution in [2.75, 3.05) is 24.3 Å². The van der Waals surface area contributed by atoms with Crippen LogP contribution in [-0.2, 0) is 6.54 Å². The van der Waals surface area contributed by atoms with Crippen molar-refractivity contribution in [3.63, 3.8) is 0 Å². The van der Waals surface area contributed by atoms with Crippen LogP contribution in [0, 0.1) is 5.92 Å². The SMILES string of the molecule is [2H]N1CSc2cc(CN3CCC[C@H](C)C3)ccc21. The summed E-state index contributed by atoms with van der Waals surface area (Å²) in [5.74, 6) is 1.60. The number of thioether (sulfide) groups is 1. The van der Waals surface area contributed by atoms with Gasteiger partial charge in [0.2, 0.25) is 0 Å². The van der Waals surface area contributed by atoms with Gasteiger partial charge < -0.3 is 5.31 Å². The summed E-state index contributed by atoms with van der Waals surface area (Å²) in [6, 6.07) is 6.56. The molecule has 1 aromatic rings. The van der Waals surface area contributed by atoms with Crippen LogP contribution < -0.4 is 5.31 Å². The van der Waals surface area contributed by atoms with Crippen molar-refractivity contribution in [1.29, 1.82) is 0 Å². The van der Waals surface area contributed by atoms with E-state index in [1.54, 1.807) is 17.1 Å². The molecule has 3 rings (SSSR count). The molecule has 2 heterocycles. The van der Waals surface area contributed by atoms with Crippen LogP contribution in [0.4, 0.5) is 5.69 Å². The molecule has 0 radical (unpaired) electrons. The van der Waals surface area contributed by atoms with E-state index in [0.29, 0.717) is 0 Å².